The maximum absolute atomic E-state index is 11.9. The third-order valence-corrected chi connectivity index (χ3v) is 6.72. The molecule has 39 heavy (non-hydrogen) atoms. The van der Waals surface area contributed by atoms with Crippen molar-refractivity contribution in [2.75, 3.05) is 33.5 Å². The molecule has 1 amide bonds. The second kappa shape index (κ2) is 25.9. The number of hydrogen-bond donors (Lipinski definition) is 1. The second-order valence-electron chi connectivity index (χ2n) is 10.2. The Balaban J connectivity index is 1.99. The van der Waals surface area contributed by atoms with Gasteiger partial charge in [-0.2, -0.15) is 0 Å². The summed E-state index contributed by atoms with van der Waals surface area (Å²) < 4.78 is 22.5. The molecule has 1 aromatic heterocycles. The first kappa shape index (κ1) is 34.7. The maximum atomic E-state index is 11.9. The number of alkyl carbamates (subject to hydrolysis) is 1. The highest BCUT2D eigenvalue weighted by atomic mass is 16.7. The summed E-state index contributed by atoms with van der Waals surface area (Å²) in [6, 6.07) is 5.22. The molecule has 0 unspecified atom stereocenters. The van der Waals surface area contributed by atoms with E-state index in [2.05, 4.69) is 17.0 Å². The van der Waals surface area contributed by atoms with E-state index < -0.39 is 18.3 Å². The van der Waals surface area contributed by atoms with Crippen LogP contribution in [0.25, 0.3) is 0 Å². The van der Waals surface area contributed by atoms with E-state index in [0.29, 0.717) is 13.2 Å². The van der Waals surface area contributed by atoms with Gasteiger partial charge in [-0.25, -0.2) is 14.2 Å². The quantitative estimate of drug-likeness (QED) is 0.0790. The number of amides is 1. The van der Waals surface area contributed by atoms with Gasteiger partial charge in [-0.3, -0.25) is 0 Å². The summed E-state index contributed by atoms with van der Waals surface area (Å²) in [4.78, 5) is 23.5. The number of nitrogens with one attached hydrogen (secondary N) is 1. The van der Waals surface area contributed by atoms with E-state index in [4.69, 9.17) is 14.2 Å². The SMILES string of the molecule is CCCCCCCCCCCCCCCCCCOC[C@@H](COC(=O)OCC[n+]1ccccc1)NC(=O)OC. The van der Waals surface area contributed by atoms with E-state index >= 15 is 0 Å². The van der Waals surface area contributed by atoms with Gasteiger partial charge in [0.05, 0.1) is 19.8 Å². The molecule has 1 atom stereocenters. The highest BCUT2D eigenvalue weighted by molar-refractivity contribution is 5.67. The smallest absolute Gasteiger partial charge is 0.453 e. The largest absolute Gasteiger partial charge is 0.508 e. The lowest BCUT2D eigenvalue weighted by atomic mass is 10.0. The molecule has 0 aromatic carbocycles. The van der Waals surface area contributed by atoms with Crippen molar-refractivity contribution in [2.24, 2.45) is 0 Å². The minimum atomic E-state index is -0.777. The molecule has 8 heteroatoms. The first-order valence-electron chi connectivity index (χ1n) is 15.3. The molecule has 1 rings (SSSR count). The van der Waals surface area contributed by atoms with Crippen molar-refractivity contribution in [2.45, 2.75) is 122 Å². The van der Waals surface area contributed by atoms with E-state index in [0.717, 1.165) is 12.8 Å². The summed E-state index contributed by atoms with van der Waals surface area (Å²) in [6.45, 7) is 3.79. The molecule has 8 nitrogen and oxygen atoms in total. The lowest BCUT2D eigenvalue weighted by molar-refractivity contribution is -0.698. The van der Waals surface area contributed by atoms with E-state index in [1.807, 2.05) is 35.2 Å². The van der Waals surface area contributed by atoms with Crippen molar-refractivity contribution < 1.29 is 33.1 Å². The van der Waals surface area contributed by atoms with Gasteiger partial charge in [-0.1, -0.05) is 109 Å². The highest BCUT2D eigenvalue weighted by Gasteiger charge is 2.16. The molecule has 0 aliphatic carbocycles. The van der Waals surface area contributed by atoms with Crippen LogP contribution in [0.3, 0.4) is 0 Å². The third-order valence-electron chi connectivity index (χ3n) is 6.72. The molecule has 0 radical (unpaired) electrons. The van der Waals surface area contributed by atoms with Crippen molar-refractivity contribution in [3.05, 3.63) is 30.6 Å². The van der Waals surface area contributed by atoms with Crippen molar-refractivity contribution in [3.8, 4) is 0 Å². The summed E-state index contributed by atoms with van der Waals surface area (Å²) in [5.41, 5.74) is 0. The van der Waals surface area contributed by atoms with E-state index in [9.17, 15) is 9.59 Å². The molecular weight excluding hydrogens is 496 g/mol. The Kier molecular flexibility index (Phi) is 23.0. The number of nitrogens with zero attached hydrogens (tertiary/aromatic N) is 1. The number of unbranched alkanes of at least 4 members (excludes halogenated alkanes) is 15. The second-order valence-corrected chi connectivity index (χ2v) is 10.2. The monoisotopic (exact) mass is 551 g/mol. The maximum Gasteiger partial charge on any atom is 0.508 e. The van der Waals surface area contributed by atoms with E-state index in [1.165, 1.54) is 97.0 Å². The summed E-state index contributed by atoms with van der Waals surface area (Å²) >= 11 is 0. The van der Waals surface area contributed by atoms with Crippen LogP contribution in [0, 0.1) is 0 Å². The van der Waals surface area contributed by atoms with Gasteiger partial charge in [0.25, 0.3) is 0 Å². The Labute approximate surface area is 237 Å². The molecule has 0 aliphatic rings. The molecule has 0 bridgehead atoms. The predicted molar refractivity (Wildman–Crippen MR) is 154 cm³/mol. The molecule has 0 spiro atoms. The standard InChI is InChI=1S/C31H54N2O6/c1-3-4-5-6-7-8-9-10-11-12-13-14-15-16-17-21-25-37-27-29(32-30(34)36-2)28-39-31(35)38-26-24-33-22-19-18-20-23-33/h18-20,22-23,29H,3-17,21,24-28H2,1-2H3/p+1/t29-/m0/s1. The molecular formula is C31H55N2O6+. The van der Waals surface area contributed by atoms with Crippen LogP contribution < -0.4 is 9.88 Å². The van der Waals surface area contributed by atoms with Crippen LogP contribution in [0.2, 0.25) is 0 Å². The van der Waals surface area contributed by atoms with Crippen LogP contribution in [0.15, 0.2) is 30.6 Å². The lowest BCUT2D eigenvalue weighted by Crippen LogP contribution is -2.42. The molecule has 224 valence electrons. The number of pyridine rings is 1. The Hall–Kier alpha value is -2.35. The average Bonchev–Trinajstić information content (AvgIpc) is 2.95. The van der Waals surface area contributed by atoms with Gasteiger partial charge in [0.1, 0.15) is 6.61 Å². The first-order valence-corrected chi connectivity index (χ1v) is 15.3. The number of carbonyl (C=O) groups is 2. The van der Waals surface area contributed by atoms with Crippen LogP contribution in [0.1, 0.15) is 110 Å². The number of carbonyl (C=O) groups excluding carboxylic acids is 2. The molecule has 0 saturated carbocycles. The number of rotatable bonds is 25. The van der Waals surface area contributed by atoms with Crippen molar-refractivity contribution in [3.63, 3.8) is 0 Å². The normalized spacial score (nSPS) is 11.6. The van der Waals surface area contributed by atoms with Gasteiger partial charge >= 0.3 is 12.2 Å². The van der Waals surface area contributed by atoms with Crippen molar-refractivity contribution >= 4 is 12.2 Å². The molecule has 0 aliphatic heterocycles. The van der Waals surface area contributed by atoms with E-state index in [-0.39, 0.29) is 19.8 Å². The van der Waals surface area contributed by atoms with Gasteiger partial charge < -0.3 is 24.3 Å². The topological polar surface area (TPSA) is 87.0 Å². The van der Waals surface area contributed by atoms with Gasteiger partial charge in [-0.15, -0.1) is 0 Å². The molecule has 1 aromatic rings. The first-order chi connectivity index (χ1) is 19.2. The lowest BCUT2D eigenvalue weighted by Gasteiger charge is -2.18. The molecule has 0 fully saturated rings. The van der Waals surface area contributed by atoms with Gasteiger partial charge in [0, 0.05) is 18.7 Å². The average molecular weight is 552 g/mol. The van der Waals surface area contributed by atoms with Crippen molar-refractivity contribution in [1.29, 1.82) is 0 Å². The summed E-state index contributed by atoms with van der Waals surface area (Å²) in [5.74, 6) is 0. The van der Waals surface area contributed by atoms with Crippen LogP contribution in [0.5, 0.6) is 0 Å². The number of ether oxygens (including phenoxy) is 4. The van der Waals surface area contributed by atoms with Crippen LogP contribution in [0.4, 0.5) is 9.59 Å². The third kappa shape index (κ3) is 22.2. The molecule has 1 N–H and O–H groups in total. The predicted octanol–water partition coefficient (Wildman–Crippen LogP) is 7.13. The Morgan fingerprint density at radius 1 is 0.692 bits per heavy atom. The Morgan fingerprint density at radius 2 is 1.23 bits per heavy atom. The van der Waals surface area contributed by atoms with Crippen LogP contribution in [-0.4, -0.2) is 51.8 Å². The number of methoxy groups -OCH3 is 1. The Morgan fingerprint density at radius 3 is 1.77 bits per heavy atom. The zero-order valence-electron chi connectivity index (χ0n) is 24.7. The van der Waals surface area contributed by atoms with Gasteiger partial charge in [0.15, 0.2) is 25.5 Å². The molecule has 1 heterocycles. The Bertz CT molecular complexity index is 704. The summed E-state index contributed by atoms with van der Waals surface area (Å²) in [7, 11) is 1.29. The summed E-state index contributed by atoms with van der Waals surface area (Å²) in [5, 5.41) is 2.64. The zero-order valence-corrected chi connectivity index (χ0v) is 24.7. The fourth-order valence-electron chi connectivity index (χ4n) is 4.36. The van der Waals surface area contributed by atoms with Gasteiger partial charge in [-0.05, 0) is 6.42 Å². The van der Waals surface area contributed by atoms with Crippen LogP contribution >= 0.6 is 0 Å². The van der Waals surface area contributed by atoms with Gasteiger partial charge in [0.2, 0.25) is 0 Å². The van der Waals surface area contributed by atoms with Crippen LogP contribution in [-0.2, 0) is 25.5 Å². The molecule has 0 saturated heterocycles. The fourth-order valence-corrected chi connectivity index (χ4v) is 4.36. The number of hydrogen-bond acceptors (Lipinski definition) is 6. The highest BCUT2D eigenvalue weighted by Crippen LogP contribution is 2.13. The zero-order chi connectivity index (χ0) is 28.2. The van der Waals surface area contributed by atoms with Crippen molar-refractivity contribution in [1.82, 2.24) is 5.32 Å². The minimum absolute atomic E-state index is 0.0502. The fraction of sp³-hybridized carbons (Fsp3) is 0.774. The number of aromatic nitrogens is 1. The van der Waals surface area contributed by atoms with E-state index in [1.54, 1.807) is 0 Å². The minimum Gasteiger partial charge on any atom is -0.453 e. The summed E-state index contributed by atoms with van der Waals surface area (Å²) in [6.07, 6.45) is 23.7.